The number of morpholine rings is 1. The monoisotopic (exact) mass is 423 g/mol. The average molecular weight is 424 g/mol. The summed E-state index contributed by atoms with van der Waals surface area (Å²) in [4.78, 5) is 19.3. The lowest BCUT2D eigenvalue weighted by Crippen LogP contribution is -2.35. The number of hydrogen-bond donors (Lipinski definition) is 2. The Morgan fingerprint density at radius 2 is 1.97 bits per heavy atom. The number of aryl methyl sites for hydroxylation is 1. The number of phenols is 1. The zero-order valence-corrected chi connectivity index (χ0v) is 17.7. The molecule has 1 aliphatic rings. The highest BCUT2D eigenvalue weighted by molar-refractivity contribution is 7.13. The molecule has 1 saturated heterocycles. The summed E-state index contributed by atoms with van der Waals surface area (Å²) >= 11 is 1.53. The van der Waals surface area contributed by atoms with E-state index < -0.39 is 0 Å². The maximum absolute atomic E-state index is 12.3. The fourth-order valence-electron chi connectivity index (χ4n) is 3.40. The highest BCUT2D eigenvalue weighted by Crippen LogP contribution is 2.26. The first-order valence-corrected chi connectivity index (χ1v) is 10.9. The molecule has 2 heterocycles. The van der Waals surface area contributed by atoms with Gasteiger partial charge in [-0.3, -0.25) is 9.69 Å². The summed E-state index contributed by atoms with van der Waals surface area (Å²) in [6, 6.07) is 13.6. The van der Waals surface area contributed by atoms with Crippen LogP contribution < -0.4 is 5.32 Å². The lowest BCUT2D eigenvalue weighted by Gasteiger charge is -2.26. The second kappa shape index (κ2) is 9.38. The molecule has 2 aromatic carbocycles. The van der Waals surface area contributed by atoms with E-state index in [2.05, 4.69) is 39.5 Å². The molecule has 0 spiro atoms. The maximum atomic E-state index is 12.3. The van der Waals surface area contributed by atoms with Gasteiger partial charge in [-0.05, 0) is 30.2 Å². The quantitative estimate of drug-likeness (QED) is 0.590. The number of nitrogens with zero attached hydrogens (tertiary/aromatic N) is 2. The van der Waals surface area contributed by atoms with Gasteiger partial charge in [0.1, 0.15) is 10.8 Å². The zero-order chi connectivity index (χ0) is 20.9. The Morgan fingerprint density at radius 1 is 1.20 bits per heavy atom. The fourth-order valence-corrected chi connectivity index (χ4v) is 4.22. The number of carbonyl (C=O) groups excluding carboxylic acids is 1. The maximum Gasteiger partial charge on any atom is 0.230 e. The van der Waals surface area contributed by atoms with Gasteiger partial charge < -0.3 is 15.2 Å². The molecule has 0 atom stereocenters. The van der Waals surface area contributed by atoms with E-state index in [1.807, 2.05) is 18.4 Å². The first-order chi connectivity index (χ1) is 14.6. The topological polar surface area (TPSA) is 74.7 Å². The molecule has 1 fully saturated rings. The van der Waals surface area contributed by atoms with Crippen molar-refractivity contribution < 1.29 is 14.6 Å². The number of nitrogens with one attached hydrogen (secondary N) is 1. The molecule has 6 nitrogen and oxygen atoms in total. The number of anilines is 1. The largest absolute Gasteiger partial charge is 0.506 e. The van der Waals surface area contributed by atoms with Crippen molar-refractivity contribution in [2.75, 3.05) is 31.6 Å². The van der Waals surface area contributed by atoms with Crippen molar-refractivity contribution in [1.82, 2.24) is 9.88 Å². The summed E-state index contributed by atoms with van der Waals surface area (Å²) in [7, 11) is 0. The van der Waals surface area contributed by atoms with Crippen LogP contribution in [-0.4, -0.2) is 47.2 Å². The van der Waals surface area contributed by atoms with Crippen LogP contribution in [0, 0.1) is 6.92 Å². The summed E-state index contributed by atoms with van der Waals surface area (Å²) in [5, 5.41) is 15.5. The number of aromatic nitrogens is 1. The van der Waals surface area contributed by atoms with Crippen LogP contribution >= 0.6 is 11.3 Å². The van der Waals surface area contributed by atoms with Crippen molar-refractivity contribution in [3.8, 4) is 16.3 Å². The molecule has 156 valence electrons. The third kappa shape index (κ3) is 5.24. The van der Waals surface area contributed by atoms with E-state index in [9.17, 15) is 9.90 Å². The Bertz CT molecular complexity index is 1010. The van der Waals surface area contributed by atoms with Gasteiger partial charge in [0.15, 0.2) is 0 Å². The van der Waals surface area contributed by atoms with Crippen molar-refractivity contribution in [3.05, 3.63) is 64.7 Å². The van der Waals surface area contributed by atoms with E-state index in [0.29, 0.717) is 5.69 Å². The molecule has 0 aliphatic carbocycles. The number of aromatic hydroxyl groups is 1. The predicted octanol–water partition coefficient (Wildman–Crippen LogP) is 3.84. The van der Waals surface area contributed by atoms with E-state index in [-0.39, 0.29) is 18.1 Å². The highest BCUT2D eigenvalue weighted by atomic mass is 32.1. The summed E-state index contributed by atoms with van der Waals surface area (Å²) < 4.78 is 5.40. The summed E-state index contributed by atoms with van der Waals surface area (Å²) in [6.07, 6.45) is 0.166. The minimum Gasteiger partial charge on any atom is -0.506 e. The van der Waals surface area contributed by atoms with E-state index in [1.165, 1.54) is 16.9 Å². The van der Waals surface area contributed by atoms with Crippen molar-refractivity contribution in [1.29, 1.82) is 0 Å². The molecular formula is C23H25N3O3S. The lowest BCUT2D eigenvalue weighted by atomic mass is 10.1. The second-order valence-electron chi connectivity index (χ2n) is 7.47. The zero-order valence-electron chi connectivity index (χ0n) is 16.9. The first kappa shape index (κ1) is 20.5. The van der Waals surface area contributed by atoms with Crippen molar-refractivity contribution in [2.24, 2.45) is 0 Å². The Balaban J connectivity index is 1.35. The normalized spacial score (nSPS) is 14.6. The molecule has 3 aromatic rings. The molecule has 4 rings (SSSR count). The molecular weight excluding hydrogens is 398 g/mol. The van der Waals surface area contributed by atoms with Crippen molar-refractivity contribution >= 4 is 22.9 Å². The lowest BCUT2D eigenvalue weighted by molar-refractivity contribution is -0.115. The number of ether oxygens (including phenoxy) is 1. The van der Waals surface area contributed by atoms with E-state index >= 15 is 0 Å². The Kier molecular flexibility index (Phi) is 6.42. The number of hydrogen-bond acceptors (Lipinski definition) is 6. The Labute approximate surface area is 180 Å². The molecule has 7 heteroatoms. The van der Waals surface area contributed by atoms with Gasteiger partial charge in [-0.1, -0.05) is 30.3 Å². The van der Waals surface area contributed by atoms with Crippen LogP contribution in [0.1, 0.15) is 16.8 Å². The van der Waals surface area contributed by atoms with Gasteiger partial charge in [0.25, 0.3) is 0 Å². The highest BCUT2D eigenvalue weighted by Gasteiger charge is 2.13. The van der Waals surface area contributed by atoms with Gasteiger partial charge in [-0.15, -0.1) is 11.3 Å². The van der Waals surface area contributed by atoms with E-state index in [4.69, 9.17) is 4.74 Å². The molecule has 0 radical (unpaired) electrons. The van der Waals surface area contributed by atoms with Gasteiger partial charge in [0.2, 0.25) is 5.91 Å². The number of benzene rings is 2. The summed E-state index contributed by atoms with van der Waals surface area (Å²) in [5.74, 6) is -0.133. The number of carbonyl (C=O) groups is 1. The molecule has 2 N–H and O–H groups in total. The van der Waals surface area contributed by atoms with Gasteiger partial charge >= 0.3 is 0 Å². The molecule has 1 aromatic heterocycles. The Hall–Kier alpha value is -2.74. The van der Waals surface area contributed by atoms with Gasteiger partial charge in [-0.25, -0.2) is 4.98 Å². The van der Waals surface area contributed by atoms with Crippen LogP contribution in [0.15, 0.2) is 47.8 Å². The van der Waals surface area contributed by atoms with E-state index in [0.717, 1.165) is 54.7 Å². The summed E-state index contributed by atoms with van der Waals surface area (Å²) in [6.45, 7) is 6.37. The van der Waals surface area contributed by atoms with Gasteiger partial charge in [-0.2, -0.15) is 0 Å². The molecule has 1 aliphatic heterocycles. The average Bonchev–Trinajstić information content (AvgIpc) is 3.20. The number of thiazole rings is 1. The van der Waals surface area contributed by atoms with Crippen LogP contribution in [0.3, 0.4) is 0 Å². The smallest absolute Gasteiger partial charge is 0.230 e. The van der Waals surface area contributed by atoms with Crippen molar-refractivity contribution in [2.45, 2.75) is 19.9 Å². The third-order valence-corrected chi connectivity index (χ3v) is 5.97. The number of amides is 1. The van der Waals surface area contributed by atoms with Crippen LogP contribution in [0.25, 0.3) is 10.6 Å². The standard InChI is InChI=1S/C23H25N3O3S/c1-16-2-7-20(21(27)12-16)25-22(28)13-19-15-30-23(24-19)18-5-3-17(4-6-18)14-26-8-10-29-11-9-26/h2-7,12,15,27H,8-11,13-14H2,1H3,(H,25,28). The molecule has 1 amide bonds. The molecule has 30 heavy (non-hydrogen) atoms. The van der Waals surface area contributed by atoms with Crippen LogP contribution in [0.2, 0.25) is 0 Å². The minimum atomic E-state index is -0.202. The first-order valence-electron chi connectivity index (χ1n) is 10.00. The van der Waals surface area contributed by atoms with Crippen LogP contribution in [0.4, 0.5) is 5.69 Å². The SMILES string of the molecule is Cc1ccc(NC(=O)Cc2csc(-c3ccc(CN4CCOCC4)cc3)n2)c(O)c1. The molecule has 0 saturated carbocycles. The van der Waals surface area contributed by atoms with Crippen LogP contribution in [-0.2, 0) is 22.5 Å². The fraction of sp³-hybridized carbons (Fsp3) is 0.304. The number of phenolic OH excluding ortho intramolecular Hbond substituents is 1. The van der Waals surface area contributed by atoms with Crippen LogP contribution in [0.5, 0.6) is 5.75 Å². The second-order valence-corrected chi connectivity index (χ2v) is 8.33. The van der Waals surface area contributed by atoms with Gasteiger partial charge in [0, 0.05) is 30.6 Å². The van der Waals surface area contributed by atoms with Gasteiger partial charge in [0.05, 0.1) is 31.0 Å². The molecule has 0 bridgehead atoms. The third-order valence-electron chi connectivity index (χ3n) is 5.03. The van der Waals surface area contributed by atoms with E-state index in [1.54, 1.807) is 12.1 Å². The number of rotatable bonds is 6. The minimum absolute atomic E-state index is 0.0690. The predicted molar refractivity (Wildman–Crippen MR) is 119 cm³/mol. The Morgan fingerprint density at radius 3 is 2.70 bits per heavy atom. The summed E-state index contributed by atoms with van der Waals surface area (Å²) in [5.41, 5.74) is 4.39. The molecule has 0 unspecified atom stereocenters. The van der Waals surface area contributed by atoms with Crippen molar-refractivity contribution in [3.63, 3.8) is 0 Å².